The van der Waals surface area contributed by atoms with Crippen LogP contribution in [0.15, 0.2) is 41.5 Å². The number of fused-ring (bicyclic) bond motifs is 2. The number of hydrogen-bond donors (Lipinski definition) is 1. The molecule has 21 heavy (non-hydrogen) atoms. The summed E-state index contributed by atoms with van der Waals surface area (Å²) >= 11 is 0. The zero-order chi connectivity index (χ0) is 14.2. The van der Waals surface area contributed by atoms with Crippen molar-refractivity contribution >= 4 is 11.6 Å². The zero-order valence-electron chi connectivity index (χ0n) is 11.5. The van der Waals surface area contributed by atoms with Gasteiger partial charge in [-0.3, -0.25) is 4.79 Å². The maximum absolute atomic E-state index is 12.1. The lowest BCUT2D eigenvalue weighted by Crippen LogP contribution is -2.43. The summed E-state index contributed by atoms with van der Waals surface area (Å²) in [7, 11) is 0. The lowest BCUT2D eigenvalue weighted by Gasteiger charge is -2.32. The molecule has 108 valence electrons. The molecule has 1 saturated carbocycles. The van der Waals surface area contributed by atoms with Gasteiger partial charge in [-0.25, -0.2) is 5.43 Å². The molecular weight excluding hydrogens is 268 g/mol. The van der Waals surface area contributed by atoms with Crippen LogP contribution in [0.2, 0.25) is 0 Å². The van der Waals surface area contributed by atoms with Crippen LogP contribution in [-0.2, 0) is 4.79 Å². The molecule has 0 saturated heterocycles. The Bertz CT molecular complexity index is 638. The number of hydrazone groups is 1. The number of allylic oxidation sites excluding steroid dienone is 2. The van der Waals surface area contributed by atoms with Crippen LogP contribution in [-0.4, -0.2) is 24.3 Å². The Morgan fingerprint density at radius 3 is 3.00 bits per heavy atom. The molecule has 1 aromatic rings. The predicted octanol–water partition coefficient (Wildman–Crippen LogP) is 1.89. The van der Waals surface area contributed by atoms with Gasteiger partial charge in [-0.15, -0.1) is 0 Å². The Hall–Kier alpha value is -2.30. The molecule has 1 aliphatic heterocycles. The molecule has 5 nitrogen and oxygen atoms in total. The zero-order valence-corrected chi connectivity index (χ0v) is 11.5. The van der Waals surface area contributed by atoms with Crippen LogP contribution >= 0.6 is 0 Å². The fraction of sp³-hybridized carbons (Fsp3) is 0.375. The summed E-state index contributed by atoms with van der Waals surface area (Å²) in [4.78, 5) is 12.1. The number of amides is 1. The van der Waals surface area contributed by atoms with Crippen molar-refractivity contribution in [3.8, 4) is 11.5 Å². The van der Waals surface area contributed by atoms with Gasteiger partial charge in [0.2, 0.25) is 6.10 Å². The second-order valence-corrected chi connectivity index (χ2v) is 5.58. The maximum atomic E-state index is 12.1. The van der Waals surface area contributed by atoms with Crippen molar-refractivity contribution in [1.29, 1.82) is 0 Å². The van der Waals surface area contributed by atoms with Gasteiger partial charge in [0.05, 0.1) is 0 Å². The van der Waals surface area contributed by atoms with Gasteiger partial charge in [-0.05, 0) is 30.9 Å². The smallest absolute Gasteiger partial charge is 0.284 e. The SMILES string of the molecule is O=C(N/N=C1\CC2C=CCC12)C1COc2ccccc2O1. The van der Waals surface area contributed by atoms with Crippen molar-refractivity contribution in [2.75, 3.05) is 6.61 Å². The highest BCUT2D eigenvalue weighted by Crippen LogP contribution is 2.40. The van der Waals surface area contributed by atoms with Gasteiger partial charge in [0, 0.05) is 11.6 Å². The van der Waals surface area contributed by atoms with E-state index in [0.29, 0.717) is 23.3 Å². The van der Waals surface area contributed by atoms with Gasteiger partial charge in [-0.2, -0.15) is 5.10 Å². The van der Waals surface area contributed by atoms with Crippen LogP contribution in [0, 0.1) is 11.8 Å². The normalized spacial score (nSPS) is 30.7. The minimum absolute atomic E-state index is 0.210. The Labute approximate surface area is 122 Å². The average Bonchev–Trinajstić information content (AvgIpc) is 2.88. The standard InChI is InChI=1S/C16H16N2O3/c19-16(18-17-12-8-10-4-3-5-11(10)12)15-9-20-13-6-1-2-7-14(13)21-15/h1-4,6-7,10-11,15H,5,8-9H2,(H,18,19)/b17-12+. The van der Waals surface area contributed by atoms with E-state index in [4.69, 9.17) is 9.47 Å². The van der Waals surface area contributed by atoms with E-state index >= 15 is 0 Å². The Kier molecular flexibility index (Phi) is 2.91. The van der Waals surface area contributed by atoms with Crippen LogP contribution in [0.3, 0.4) is 0 Å². The van der Waals surface area contributed by atoms with Gasteiger partial charge >= 0.3 is 0 Å². The summed E-state index contributed by atoms with van der Waals surface area (Å²) in [5, 5.41) is 4.24. The summed E-state index contributed by atoms with van der Waals surface area (Å²) in [6.07, 6.45) is 5.76. The molecule has 5 heteroatoms. The number of rotatable bonds is 2. The lowest BCUT2D eigenvalue weighted by atomic mass is 9.74. The van der Waals surface area contributed by atoms with Crippen molar-refractivity contribution in [2.24, 2.45) is 16.9 Å². The first kappa shape index (κ1) is 12.4. The number of carbonyl (C=O) groups excluding carboxylic acids is 1. The number of nitrogens with zero attached hydrogens (tertiary/aromatic N) is 1. The van der Waals surface area contributed by atoms with E-state index < -0.39 is 6.10 Å². The van der Waals surface area contributed by atoms with E-state index in [0.717, 1.165) is 18.6 Å². The van der Waals surface area contributed by atoms with Crippen LogP contribution in [0.5, 0.6) is 11.5 Å². The molecule has 0 aromatic heterocycles. The third-order valence-corrected chi connectivity index (χ3v) is 4.27. The Morgan fingerprint density at radius 1 is 1.29 bits per heavy atom. The highest BCUT2D eigenvalue weighted by atomic mass is 16.6. The molecule has 2 aliphatic carbocycles. The quantitative estimate of drug-likeness (QED) is 0.666. The van der Waals surface area contributed by atoms with Crippen LogP contribution < -0.4 is 14.9 Å². The van der Waals surface area contributed by atoms with E-state index in [1.165, 1.54) is 0 Å². The van der Waals surface area contributed by atoms with Crippen molar-refractivity contribution in [2.45, 2.75) is 18.9 Å². The molecule has 1 N–H and O–H groups in total. The molecule has 0 spiro atoms. The van der Waals surface area contributed by atoms with Crippen molar-refractivity contribution in [3.63, 3.8) is 0 Å². The molecule has 3 atom stereocenters. The maximum Gasteiger partial charge on any atom is 0.284 e. The minimum Gasteiger partial charge on any atom is -0.485 e. The molecular formula is C16H16N2O3. The largest absolute Gasteiger partial charge is 0.485 e. The van der Waals surface area contributed by atoms with E-state index in [-0.39, 0.29) is 12.5 Å². The number of carbonyl (C=O) groups is 1. The summed E-state index contributed by atoms with van der Waals surface area (Å²) in [6, 6.07) is 7.34. The van der Waals surface area contributed by atoms with Crippen molar-refractivity contribution in [3.05, 3.63) is 36.4 Å². The number of para-hydroxylation sites is 2. The molecule has 3 aliphatic rings. The summed E-state index contributed by atoms with van der Waals surface area (Å²) < 4.78 is 11.2. The fourth-order valence-corrected chi connectivity index (χ4v) is 3.01. The minimum atomic E-state index is -0.651. The summed E-state index contributed by atoms with van der Waals surface area (Å²) in [5.74, 6) is 2.13. The fourth-order valence-electron chi connectivity index (χ4n) is 3.01. The molecule has 1 heterocycles. The van der Waals surface area contributed by atoms with Gasteiger partial charge in [-0.1, -0.05) is 24.3 Å². The molecule has 0 bridgehead atoms. The number of benzene rings is 1. The molecule has 1 amide bonds. The summed E-state index contributed by atoms with van der Waals surface area (Å²) in [5.41, 5.74) is 3.69. The molecule has 3 unspecified atom stereocenters. The monoisotopic (exact) mass is 284 g/mol. The van der Waals surface area contributed by atoms with E-state index in [2.05, 4.69) is 22.7 Å². The van der Waals surface area contributed by atoms with Gasteiger partial charge < -0.3 is 9.47 Å². The highest BCUT2D eigenvalue weighted by Gasteiger charge is 2.38. The first-order chi connectivity index (χ1) is 10.3. The van der Waals surface area contributed by atoms with Crippen LogP contribution in [0.1, 0.15) is 12.8 Å². The van der Waals surface area contributed by atoms with Crippen LogP contribution in [0.25, 0.3) is 0 Å². The highest BCUT2D eigenvalue weighted by molar-refractivity contribution is 5.95. The second-order valence-electron chi connectivity index (χ2n) is 5.58. The van der Waals surface area contributed by atoms with E-state index in [1.54, 1.807) is 6.07 Å². The average molecular weight is 284 g/mol. The van der Waals surface area contributed by atoms with Crippen LogP contribution in [0.4, 0.5) is 0 Å². The van der Waals surface area contributed by atoms with Gasteiger partial charge in [0.1, 0.15) is 6.61 Å². The first-order valence-corrected chi connectivity index (χ1v) is 7.23. The lowest BCUT2D eigenvalue weighted by molar-refractivity contribution is -0.130. The second kappa shape index (κ2) is 4.91. The third-order valence-electron chi connectivity index (χ3n) is 4.27. The topological polar surface area (TPSA) is 59.9 Å². The summed E-state index contributed by atoms with van der Waals surface area (Å²) in [6.45, 7) is 0.210. The Morgan fingerprint density at radius 2 is 2.14 bits per heavy atom. The molecule has 1 fully saturated rings. The van der Waals surface area contributed by atoms with E-state index in [9.17, 15) is 4.79 Å². The number of nitrogens with one attached hydrogen (secondary N) is 1. The Balaban J connectivity index is 1.37. The number of ether oxygens (including phenoxy) is 2. The van der Waals surface area contributed by atoms with Gasteiger partial charge in [0.15, 0.2) is 11.5 Å². The van der Waals surface area contributed by atoms with Gasteiger partial charge in [0.25, 0.3) is 5.91 Å². The van der Waals surface area contributed by atoms with Crippen molar-refractivity contribution in [1.82, 2.24) is 5.43 Å². The van der Waals surface area contributed by atoms with Crippen molar-refractivity contribution < 1.29 is 14.3 Å². The molecule has 4 rings (SSSR count). The predicted molar refractivity (Wildman–Crippen MR) is 77.3 cm³/mol. The first-order valence-electron chi connectivity index (χ1n) is 7.23. The molecule has 0 radical (unpaired) electrons. The number of hydrogen-bond acceptors (Lipinski definition) is 4. The van der Waals surface area contributed by atoms with E-state index in [1.807, 2.05) is 18.2 Å². The third kappa shape index (κ3) is 2.18. The molecule has 1 aromatic carbocycles.